The van der Waals surface area contributed by atoms with Crippen molar-refractivity contribution in [2.75, 3.05) is 12.3 Å². The van der Waals surface area contributed by atoms with Gasteiger partial charge in [-0.05, 0) is 43.4 Å². The molecule has 1 N–H and O–H groups in total. The zero-order chi connectivity index (χ0) is 11.3. The van der Waals surface area contributed by atoms with E-state index in [1.165, 1.54) is 25.0 Å². The first-order valence-electron chi connectivity index (χ1n) is 6.48. The third-order valence-corrected chi connectivity index (χ3v) is 4.97. The average Bonchev–Trinajstić information content (AvgIpc) is 2.18. The van der Waals surface area contributed by atoms with Gasteiger partial charge in [0.05, 0.1) is 0 Å². The van der Waals surface area contributed by atoms with Crippen LogP contribution >= 0.6 is 11.8 Å². The average molecular weight is 229 g/mol. The fourth-order valence-electron chi connectivity index (χ4n) is 2.32. The fourth-order valence-corrected chi connectivity index (χ4v) is 3.89. The van der Waals surface area contributed by atoms with Crippen LogP contribution in [0.15, 0.2) is 0 Å². The van der Waals surface area contributed by atoms with Crippen LogP contribution in [0, 0.1) is 11.8 Å². The molecule has 3 unspecified atom stereocenters. The molecule has 1 rings (SSSR count). The molecule has 15 heavy (non-hydrogen) atoms. The minimum atomic E-state index is 0.773. The summed E-state index contributed by atoms with van der Waals surface area (Å²) in [7, 11) is 0. The molecule has 0 radical (unpaired) electrons. The van der Waals surface area contributed by atoms with Crippen LogP contribution in [-0.4, -0.2) is 23.6 Å². The van der Waals surface area contributed by atoms with Crippen molar-refractivity contribution < 1.29 is 0 Å². The number of hydrogen-bond acceptors (Lipinski definition) is 2. The van der Waals surface area contributed by atoms with Gasteiger partial charge < -0.3 is 5.32 Å². The number of thioether (sulfide) groups is 1. The standard InChI is InChI=1S/C13H27NS/c1-5-14-12-7-6-11(4)8-13(12)15-9-10(2)3/h10-14H,5-9H2,1-4H3. The third kappa shape index (κ3) is 4.78. The SMILES string of the molecule is CCNC1CCC(C)CC1SCC(C)C. The minimum absolute atomic E-state index is 0.773. The Bertz CT molecular complexity index is 170. The molecule has 0 amide bonds. The second kappa shape index (κ2) is 6.80. The molecule has 3 atom stereocenters. The maximum atomic E-state index is 3.66. The predicted molar refractivity (Wildman–Crippen MR) is 71.6 cm³/mol. The zero-order valence-electron chi connectivity index (χ0n) is 10.8. The normalized spacial score (nSPS) is 32.2. The maximum absolute atomic E-state index is 3.66. The number of nitrogens with one attached hydrogen (secondary N) is 1. The summed E-state index contributed by atoms with van der Waals surface area (Å²) in [6, 6.07) is 0.773. The molecule has 0 spiro atoms. The summed E-state index contributed by atoms with van der Waals surface area (Å²) in [5, 5.41) is 4.52. The van der Waals surface area contributed by atoms with Crippen molar-refractivity contribution in [1.29, 1.82) is 0 Å². The highest BCUT2D eigenvalue weighted by Crippen LogP contribution is 2.33. The van der Waals surface area contributed by atoms with Crippen LogP contribution in [0.2, 0.25) is 0 Å². The molecule has 0 saturated heterocycles. The van der Waals surface area contributed by atoms with Crippen molar-refractivity contribution in [2.45, 2.75) is 58.2 Å². The molecule has 90 valence electrons. The van der Waals surface area contributed by atoms with Gasteiger partial charge in [0.1, 0.15) is 0 Å². The first-order valence-corrected chi connectivity index (χ1v) is 7.53. The summed E-state index contributed by atoms with van der Waals surface area (Å²) in [6.45, 7) is 10.4. The monoisotopic (exact) mass is 229 g/mol. The highest BCUT2D eigenvalue weighted by atomic mass is 32.2. The quantitative estimate of drug-likeness (QED) is 0.774. The predicted octanol–water partition coefficient (Wildman–Crippen LogP) is 3.54. The molecule has 1 aliphatic carbocycles. The first-order chi connectivity index (χ1) is 7.13. The lowest BCUT2D eigenvalue weighted by Gasteiger charge is -2.35. The van der Waals surface area contributed by atoms with E-state index >= 15 is 0 Å². The van der Waals surface area contributed by atoms with E-state index in [2.05, 4.69) is 44.8 Å². The van der Waals surface area contributed by atoms with E-state index in [9.17, 15) is 0 Å². The Morgan fingerprint density at radius 3 is 2.67 bits per heavy atom. The van der Waals surface area contributed by atoms with E-state index in [4.69, 9.17) is 0 Å². The Hall–Kier alpha value is 0.310. The summed E-state index contributed by atoms with van der Waals surface area (Å²) in [6.07, 6.45) is 4.20. The Kier molecular flexibility index (Phi) is 6.06. The van der Waals surface area contributed by atoms with E-state index in [0.29, 0.717) is 0 Å². The van der Waals surface area contributed by atoms with Crippen LogP contribution in [0.4, 0.5) is 0 Å². The van der Waals surface area contributed by atoms with Crippen LogP contribution in [0.1, 0.15) is 47.0 Å². The molecule has 0 aromatic carbocycles. The van der Waals surface area contributed by atoms with Gasteiger partial charge in [-0.3, -0.25) is 0 Å². The fraction of sp³-hybridized carbons (Fsp3) is 1.00. The van der Waals surface area contributed by atoms with Gasteiger partial charge in [-0.25, -0.2) is 0 Å². The lowest BCUT2D eigenvalue weighted by molar-refractivity contribution is 0.320. The van der Waals surface area contributed by atoms with E-state index in [1.807, 2.05) is 0 Å². The van der Waals surface area contributed by atoms with Gasteiger partial charge in [0.15, 0.2) is 0 Å². The van der Waals surface area contributed by atoms with Gasteiger partial charge in [-0.15, -0.1) is 0 Å². The van der Waals surface area contributed by atoms with Crippen molar-refractivity contribution in [3.8, 4) is 0 Å². The second-order valence-electron chi connectivity index (χ2n) is 5.35. The molecule has 2 heteroatoms. The maximum Gasteiger partial charge on any atom is 0.0203 e. The summed E-state index contributed by atoms with van der Waals surface area (Å²) in [5.41, 5.74) is 0. The molecule has 1 aliphatic rings. The van der Waals surface area contributed by atoms with Crippen molar-refractivity contribution in [3.63, 3.8) is 0 Å². The lowest BCUT2D eigenvalue weighted by atomic mass is 9.87. The van der Waals surface area contributed by atoms with Gasteiger partial charge in [0.25, 0.3) is 0 Å². The smallest absolute Gasteiger partial charge is 0.0203 e. The molecule has 0 aromatic heterocycles. The molecule has 0 heterocycles. The summed E-state index contributed by atoms with van der Waals surface area (Å²) in [4.78, 5) is 0. The zero-order valence-corrected chi connectivity index (χ0v) is 11.6. The van der Waals surface area contributed by atoms with Crippen molar-refractivity contribution in [3.05, 3.63) is 0 Å². The van der Waals surface area contributed by atoms with Gasteiger partial charge >= 0.3 is 0 Å². The minimum Gasteiger partial charge on any atom is -0.313 e. The van der Waals surface area contributed by atoms with Crippen molar-refractivity contribution in [2.24, 2.45) is 11.8 Å². The van der Waals surface area contributed by atoms with Crippen LogP contribution in [-0.2, 0) is 0 Å². The molecule has 0 bridgehead atoms. The number of hydrogen-bond donors (Lipinski definition) is 1. The van der Waals surface area contributed by atoms with Crippen molar-refractivity contribution >= 4 is 11.8 Å². The molecule has 0 aliphatic heterocycles. The summed E-state index contributed by atoms with van der Waals surface area (Å²) >= 11 is 2.19. The van der Waals surface area contributed by atoms with E-state index in [0.717, 1.165) is 29.7 Å². The highest BCUT2D eigenvalue weighted by molar-refractivity contribution is 7.99. The molecule has 1 fully saturated rings. The number of rotatable bonds is 5. The van der Waals surface area contributed by atoms with Gasteiger partial charge in [0.2, 0.25) is 0 Å². The van der Waals surface area contributed by atoms with Gasteiger partial charge in [-0.1, -0.05) is 27.7 Å². The molecule has 1 saturated carbocycles. The topological polar surface area (TPSA) is 12.0 Å². The summed E-state index contributed by atoms with van der Waals surface area (Å²) < 4.78 is 0. The van der Waals surface area contributed by atoms with Crippen LogP contribution in [0.25, 0.3) is 0 Å². The third-order valence-electron chi connectivity index (χ3n) is 3.16. The van der Waals surface area contributed by atoms with Crippen LogP contribution < -0.4 is 5.32 Å². The van der Waals surface area contributed by atoms with Crippen LogP contribution in [0.3, 0.4) is 0 Å². The van der Waals surface area contributed by atoms with Crippen molar-refractivity contribution in [1.82, 2.24) is 5.32 Å². The Morgan fingerprint density at radius 1 is 1.33 bits per heavy atom. The largest absolute Gasteiger partial charge is 0.313 e. The molecular formula is C13H27NS. The van der Waals surface area contributed by atoms with Gasteiger partial charge in [0, 0.05) is 11.3 Å². The molecular weight excluding hydrogens is 202 g/mol. The van der Waals surface area contributed by atoms with E-state index in [1.54, 1.807) is 0 Å². The molecule has 1 nitrogen and oxygen atoms in total. The Labute approximate surface area is 99.8 Å². The Morgan fingerprint density at radius 2 is 2.07 bits per heavy atom. The van der Waals surface area contributed by atoms with E-state index < -0.39 is 0 Å². The second-order valence-corrected chi connectivity index (χ2v) is 6.62. The highest BCUT2D eigenvalue weighted by Gasteiger charge is 2.28. The lowest BCUT2D eigenvalue weighted by Crippen LogP contribution is -2.42. The summed E-state index contributed by atoms with van der Waals surface area (Å²) in [5.74, 6) is 3.08. The van der Waals surface area contributed by atoms with Crippen LogP contribution in [0.5, 0.6) is 0 Å². The van der Waals surface area contributed by atoms with Gasteiger partial charge in [-0.2, -0.15) is 11.8 Å². The molecule has 0 aromatic rings. The first kappa shape index (κ1) is 13.4. The van der Waals surface area contributed by atoms with E-state index in [-0.39, 0.29) is 0 Å². The Balaban J connectivity index is 2.39.